The van der Waals surface area contributed by atoms with Gasteiger partial charge in [-0.25, -0.2) is 4.39 Å². The molecule has 2 aromatic rings. The molecular formula is C11H5BrCl3FS. The van der Waals surface area contributed by atoms with Gasteiger partial charge in [0.1, 0.15) is 10.2 Å². The van der Waals surface area contributed by atoms with Gasteiger partial charge in [0, 0.05) is 9.35 Å². The third kappa shape index (κ3) is 2.79. The number of benzene rings is 1. The van der Waals surface area contributed by atoms with Crippen molar-refractivity contribution in [1.29, 1.82) is 0 Å². The van der Waals surface area contributed by atoms with Crippen molar-refractivity contribution in [3.8, 4) is 0 Å². The van der Waals surface area contributed by atoms with Gasteiger partial charge in [0.25, 0.3) is 0 Å². The van der Waals surface area contributed by atoms with Crippen molar-refractivity contribution in [2.24, 2.45) is 0 Å². The van der Waals surface area contributed by atoms with Gasteiger partial charge in [0.05, 0.1) is 10.4 Å². The molecule has 0 aliphatic rings. The largest absolute Gasteiger partial charge is 0.205 e. The minimum absolute atomic E-state index is 0.0492. The molecule has 0 saturated heterocycles. The van der Waals surface area contributed by atoms with Gasteiger partial charge in [-0.3, -0.25) is 0 Å². The SMILES string of the molecule is Fc1cccc(C(Cl)c2cc(Br)c(Cl)s2)c1Cl. The lowest BCUT2D eigenvalue weighted by molar-refractivity contribution is 0.626. The van der Waals surface area contributed by atoms with Crippen molar-refractivity contribution in [2.45, 2.75) is 5.38 Å². The van der Waals surface area contributed by atoms with E-state index in [2.05, 4.69) is 15.9 Å². The quantitative estimate of drug-likeness (QED) is 0.542. The van der Waals surface area contributed by atoms with Gasteiger partial charge in [0.2, 0.25) is 0 Å². The standard InChI is InChI=1S/C11H5BrCl3FS/c12-6-4-8(17-11(6)15)10(14)5-2-1-3-7(16)9(5)13/h1-4,10H. The maximum Gasteiger partial charge on any atom is 0.142 e. The summed E-state index contributed by atoms with van der Waals surface area (Å²) in [5.74, 6) is -0.475. The molecule has 0 N–H and O–H groups in total. The van der Waals surface area contributed by atoms with Gasteiger partial charge in [0.15, 0.2) is 0 Å². The van der Waals surface area contributed by atoms with Crippen LogP contribution in [-0.2, 0) is 0 Å². The van der Waals surface area contributed by atoms with E-state index in [0.29, 0.717) is 9.90 Å². The van der Waals surface area contributed by atoms with Gasteiger partial charge in [-0.05, 0) is 33.6 Å². The van der Waals surface area contributed by atoms with Crippen LogP contribution in [0, 0.1) is 5.82 Å². The zero-order valence-corrected chi connectivity index (χ0v) is 12.9. The molecule has 0 spiro atoms. The molecule has 1 unspecified atom stereocenters. The Morgan fingerprint density at radius 2 is 2.00 bits per heavy atom. The summed E-state index contributed by atoms with van der Waals surface area (Å²) >= 11 is 22.7. The second-order valence-electron chi connectivity index (χ2n) is 3.28. The Balaban J connectivity index is 2.43. The molecule has 1 aromatic carbocycles. The zero-order chi connectivity index (χ0) is 12.6. The van der Waals surface area contributed by atoms with Crippen LogP contribution >= 0.6 is 62.1 Å². The van der Waals surface area contributed by atoms with Crippen LogP contribution in [0.25, 0.3) is 0 Å². The Hall–Kier alpha value is 0.200. The fraction of sp³-hybridized carbons (Fsp3) is 0.0909. The van der Waals surface area contributed by atoms with Crippen LogP contribution in [0.1, 0.15) is 15.8 Å². The number of hydrogen-bond donors (Lipinski definition) is 0. The average Bonchev–Trinajstić information content (AvgIpc) is 2.62. The van der Waals surface area contributed by atoms with Crippen molar-refractivity contribution >= 4 is 62.1 Å². The zero-order valence-electron chi connectivity index (χ0n) is 8.18. The summed E-state index contributed by atoms with van der Waals surface area (Å²) in [5.41, 5.74) is 0.541. The Kier molecular flexibility index (Phi) is 4.37. The molecule has 0 amide bonds. The maximum absolute atomic E-state index is 13.3. The van der Waals surface area contributed by atoms with E-state index in [1.54, 1.807) is 12.1 Å². The third-order valence-corrected chi connectivity index (χ3v) is 5.71. The van der Waals surface area contributed by atoms with E-state index in [9.17, 15) is 4.39 Å². The topological polar surface area (TPSA) is 0 Å². The summed E-state index contributed by atoms with van der Waals surface area (Å²) in [5, 5.41) is -0.458. The Bertz CT molecular complexity index is 536. The minimum atomic E-state index is -0.507. The highest BCUT2D eigenvalue weighted by molar-refractivity contribution is 9.10. The highest BCUT2D eigenvalue weighted by Crippen LogP contribution is 2.42. The van der Waals surface area contributed by atoms with Crippen LogP contribution in [-0.4, -0.2) is 0 Å². The maximum atomic E-state index is 13.3. The number of halogens is 5. The van der Waals surface area contributed by atoms with Gasteiger partial charge in [-0.15, -0.1) is 22.9 Å². The van der Waals surface area contributed by atoms with Crippen LogP contribution in [0.15, 0.2) is 28.7 Å². The third-order valence-electron chi connectivity index (χ3n) is 2.17. The van der Waals surface area contributed by atoms with E-state index >= 15 is 0 Å². The average molecular weight is 374 g/mol. The molecule has 0 radical (unpaired) electrons. The monoisotopic (exact) mass is 372 g/mol. The van der Waals surface area contributed by atoms with Crippen LogP contribution in [0.2, 0.25) is 9.36 Å². The highest BCUT2D eigenvalue weighted by Gasteiger charge is 2.19. The van der Waals surface area contributed by atoms with E-state index in [1.807, 2.05) is 6.07 Å². The van der Waals surface area contributed by atoms with Crippen LogP contribution in [0.3, 0.4) is 0 Å². The fourth-order valence-electron chi connectivity index (χ4n) is 1.36. The first-order chi connectivity index (χ1) is 8.00. The molecule has 17 heavy (non-hydrogen) atoms. The van der Waals surface area contributed by atoms with E-state index in [-0.39, 0.29) is 5.02 Å². The predicted molar refractivity (Wildman–Crippen MR) is 76.1 cm³/mol. The summed E-state index contributed by atoms with van der Waals surface area (Å²) < 4.78 is 14.7. The summed E-state index contributed by atoms with van der Waals surface area (Å²) in [6, 6.07) is 6.39. The summed E-state index contributed by atoms with van der Waals surface area (Å²) in [6.07, 6.45) is 0. The fourth-order valence-corrected chi connectivity index (χ4v) is 3.76. The first-order valence-electron chi connectivity index (χ1n) is 4.53. The number of thiophene rings is 1. The molecule has 0 bridgehead atoms. The lowest BCUT2D eigenvalue weighted by Crippen LogP contribution is -1.93. The molecule has 1 atom stereocenters. The first kappa shape index (κ1) is 13.6. The molecule has 0 saturated carbocycles. The van der Waals surface area contributed by atoms with Crippen molar-refractivity contribution in [1.82, 2.24) is 0 Å². The normalized spacial score (nSPS) is 12.8. The van der Waals surface area contributed by atoms with Crippen LogP contribution < -0.4 is 0 Å². The van der Waals surface area contributed by atoms with Crippen LogP contribution in [0.4, 0.5) is 4.39 Å². The van der Waals surface area contributed by atoms with Gasteiger partial charge in [-0.1, -0.05) is 35.3 Å². The molecule has 90 valence electrons. The molecule has 1 heterocycles. The molecule has 6 heteroatoms. The second kappa shape index (κ2) is 5.45. The van der Waals surface area contributed by atoms with Crippen molar-refractivity contribution in [3.63, 3.8) is 0 Å². The molecule has 0 nitrogen and oxygen atoms in total. The van der Waals surface area contributed by atoms with E-state index in [1.165, 1.54) is 17.4 Å². The van der Waals surface area contributed by atoms with Crippen molar-refractivity contribution < 1.29 is 4.39 Å². The van der Waals surface area contributed by atoms with Gasteiger partial charge >= 0.3 is 0 Å². The molecule has 0 aliphatic carbocycles. The van der Waals surface area contributed by atoms with E-state index in [4.69, 9.17) is 34.8 Å². The number of hydrogen-bond acceptors (Lipinski definition) is 1. The molecule has 2 rings (SSSR count). The molecular weight excluding hydrogens is 369 g/mol. The lowest BCUT2D eigenvalue weighted by atomic mass is 10.1. The van der Waals surface area contributed by atoms with Crippen molar-refractivity contribution in [2.75, 3.05) is 0 Å². The minimum Gasteiger partial charge on any atom is -0.205 e. The Morgan fingerprint density at radius 3 is 2.59 bits per heavy atom. The van der Waals surface area contributed by atoms with E-state index < -0.39 is 11.2 Å². The Morgan fingerprint density at radius 1 is 1.29 bits per heavy atom. The first-order valence-corrected chi connectivity index (χ1v) is 7.33. The smallest absolute Gasteiger partial charge is 0.142 e. The lowest BCUT2D eigenvalue weighted by Gasteiger charge is -2.09. The Labute approximate surface area is 125 Å². The molecule has 0 fully saturated rings. The van der Waals surface area contributed by atoms with Crippen LogP contribution in [0.5, 0.6) is 0 Å². The summed E-state index contributed by atoms with van der Waals surface area (Å²) in [6.45, 7) is 0. The van der Waals surface area contributed by atoms with Crippen molar-refractivity contribution in [3.05, 3.63) is 54.4 Å². The van der Waals surface area contributed by atoms with Gasteiger partial charge in [-0.2, -0.15) is 0 Å². The highest BCUT2D eigenvalue weighted by atomic mass is 79.9. The molecule has 0 aliphatic heterocycles. The van der Waals surface area contributed by atoms with Gasteiger partial charge < -0.3 is 0 Å². The predicted octanol–water partition coefficient (Wildman–Crippen LogP) is 6.28. The van der Waals surface area contributed by atoms with E-state index in [0.717, 1.165) is 9.35 Å². The summed E-state index contributed by atoms with van der Waals surface area (Å²) in [4.78, 5) is 0.816. The number of alkyl halides is 1. The molecule has 1 aromatic heterocycles. The number of rotatable bonds is 2. The summed E-state index contributed by atoms with van der Waals surface area (Å²) in [7, 11) is 0. The second-order valence-corrected chi connectivity index (χ2v) is 6.63.